The Morgan fingerprint density at radius 2 is 1.87 bits per heavy atom. The number of para-hydroxylation sites is 1. The number of aromatic nitrogens is 1. The molecule has 1 amide bonds. The van der Waals surface area contributed by atoms with Gasteiger partial charge in [-0.15, -0.1) is 0 Å². The Kier molecular flexibility index (Phi) is 7.10. The van der Waals surface area contributed by atoms with Crippen LogP contribution in [0.5, 0.6) is 5.75 Å². The smallest absolute Gasteiger partial charge is 0.249 e. The van der Waals surface area contributed by atoms with Gasteiger partial charge in [-0.3, -0.25) is 4.79 Å². The van der Waals surface area contributed by atoms with E-state index in [4.69, 9.17) is 4.74 Å². The number of fused-ring (bicyclic) bond motifs is 1. The number of benzene rings is 2. The van der Waals surface area contributed by atoms with Crippen LogP contribution in [0.1, 0.15) is 32.3 Å². The summed E-state index contributed by atoms with van der Waals surface area (Å²) in [4.78, 5) is 17.6. The molecule has 0 saturated carbocycles. The molecule has 0 aliphatic rings. The highest BCUT2D eigenvalue weighted by molar-refractivity contribution is 7.91. The van der Waals surface area contributed by atoms with Crippen LogP contribution in [0.4, 0.5) is 0 Å². The third-order valence-electron chi connectivity index (χ3n) is 4.60. The number of nitrogens with zero attached hydrogens (tertiary/aromatic N) is 2. The highest BCUT2D eigenvalue weighted by atomic mass is 32.2. The van der Waals surface area contributed by atoms with Crippen molar-refractivity contribution in [2.45, 2.75) is 45.1 Å². The molecule has 0 spiro atoms. The Hall–Kier alpha value is -2.45. The normalized spacial score (nSPS) is 12.4. The highest BCUT2D eigenvalue weighted by Gasteiger charge is 2.17. The van der Waals surface area contributed by atoms with Crippen LogP contribution in [0.3, 0.4) is 0 Å². The second-order valence-electron chi connectivity index (χ2n) is 6.96. The van der Waals surface area contributed by atoms with Gasteiger partial charge in [0.1, 0.15) is 11.3 Å². The minimum absolute atomic E-state index is 0.158. The molecule has 0 fully saturated rings. The highest BCUT2D eigenvalue weighted by Crippen LogP contribution is 2.28. The van der Waals surface area contributed by atoms with Gasteiger partial charge in [-0.1, -0.05) is 42.0 Å². The first kappa shape index (κ1) is 22.2. The molecular formula is C22H26N2O4S2. The van der Waals surface area contributed by atoms with Gasteiger partial charge in [0, 0.05) is 13.0 Å². The summed E-state index contributed by atoms with van der Waals surface area (Å²) in [6.07, 6.45) is 0.713. The van der Waals surface area contributed by atoms with Crippen LogP contribution >= 0.6 is 11.3 Å². The molecule has 2 aromatic carbocycles. The number of hydrogen-bond acceptors (Lipinski definition) is 5. The fourth-order valence-electron chi connectivity index (χ4n) is 3.13. The molecule has 0 aliphatic heterocycles. The van der Waals surface area contributed by atoms with E-state index in [2.05, 4.69) is 11.9 Å². The van der Waals surface area contributed by atoms with E-state index >= 15 is 0 Å². The fourth-order valence-corrected chi connectivity index (χ4v) is 5.45. The molecule has 0 atom stereocenters. The maximum absolute atomic E-state index is 12.5. The van der Waals surface area contributed by atoms with Gasteiger partial charge in [0.05, 0.1) is 22.0 Å². The van der Waals surface area contributed by atoms with Gasteiger partial charge in [0.15, 0.2) is 14.6 Å². The number of carbonyl (C=O) groups excluding carboxylic acids is 1. The molecule has 1 heterocycles. The summed E-state index contributed by atoms with van der Waals surface area (Å²) in [6.45, 7) is 7.12. The number of sulfone groups is 1. The zero-order chi connectivity index (χ0) is 21.7. The summed E-state index contributed by atoms with van der Waals surface area (Å²) in [7, 11) is -3.53. The van der Waals surface area contributed by atoms with Gasteiger partial charge in [0.2, 0.25) is 5.91 Å². The molecule has 3 aromatic rings. The topological polar surface area (TPSA) is 77.7 Å². The van der Waals surface area contributed by atoms with Crippen LogP contribution in [0, 0.1) is 6.92 Å². The molecule has 0 unspecified atom stereocenters. The van der Waals surface area contributed by atoms with Crippen molar-refractivity contribution >= 4 is 37.3 Å². The van der Waals surface area contributed by atoms with E-state index < -0.39 is 15.7 Å². The van der Waals surface area contributed by atoms with E-state index in [1.165, 1.54) is 11.3 Å². The van der Waals surface area contributed by atoms with Crippen LogP contribution < -0.4 is 9.54 Å². The van der Waals surface area contributed by atoms with E-state index in [1.54, 1.807) is 24.3 Å². The lowest BCUT2D eigenvalue weighted by atomic mass is 10.2. The summed E-state index contributed by atoms with van der Waals surface area (Å²) in [6, 6.07) is 12.4. The van der Waals surface area contributed by atoms with Crippen molar-refractivity contribution in [3.63, 3.8) is 0 Å². The lowest BCUT2D eigenvalue weighted by Gasteiger charge is -2.08. The predicted octanol–water partition coefficient (Wildman–Crippen LogP) is 4.11. The second-order valence-corrected chi connectivity index (χ2v) is 10.1. The van der Waals surface area contributed by atoms with Crippen molar-refractivity contribution in [1.29, 1.82) is 0 Å². The lowest BCUT2D eigenvalue weighted by molar-refractivity contribution is -0.117. The lowest BCUT2D eigenvalue weighted by Crippen LogP contribution is -2.18. The maximum atomic E-state index is 12.5. The van der Waals surface area contributed by atoms with Gasteiger partial charge in [0.25, 0.3) is 0 Å². The molecule has 6 nitrogen and oxygen atoms in total. The van der Waals surface area contributed by atoms with Gasteiger partial charge in [-0.2, -0.15) is 4.99 Å². The number of thiazole rings is 1. The second kappa shape index (κ2) is 9.57. The number of carbonyl (C=O) groups is 1. The van der Waals surface area contributed by atoms with Crippen molar-refractivity contribution in [3.8, 4) is 5.75 Å². The molecule has 0 aliphatic carbocycles. The number of rotatable bonds is 8. The SMILES string of the molecule is CCCn1c(=NC(=O)CCS(=O)(=O)c2ccc(C)cc2)sc2cccc(OCC)c21. The molecule has 3 rings (SSSR count). The minimum Gasteiger partial charge on any atom is -0.492 e. The van der Waals surface area contributed by atoms with Crippen LogP contribution in [0.25, 0.3) is 10.2 Å². The molecule has 1 aromatic heterocycles. The zero-order valence-electron chi connectivity index (χ0n) is 17.4. The number of ether oxygens (including phenoxy) is 1. The summed E-state index contributed by atoms with van der Waals surface area (Å²) in [5.74, 6) is 0.0527. The predicted molar refractivity (Wildman–Crippen MR) is 120 cm³/mol. The Morgan fingerprint density at radius 1 is 1.13 bits per heavy atom. The van der Waals surface area contributed by atoms with Crippen LogP contribution in [-0.4, -0.2) is 31.3 Å². The van der Waals surface area contributed by atoms with Crippen LogP contribution in [0.2, 0.25) is 0 Å². The fraction of sp³-hybridized carbons (Fsp3) is 0.364. The van der Waals surface area contributed by atoms with Gasteiger partial charge in [-0.25, -0.2) is 8.42 Å². The molecule has 0 saturated heterocycles. The summed E-state index contributed by atoms with van der Waals surface area (Å²) < 4.78 is 33.7. The molecule has 8 heteroatoms. The molecule has 30 heavy (non-hydrogen) atoms. The number of amides is 1. The minimum atomic E-state index is -3.53. The van der Waals surface area contributed by atoms with E-state index in [1.807, 2.05) is 36.6 Å². The Balaban J connectivity index is 1.88. The van der Waals surface area contributed by atoms with Gasteiger partial charge < -0.3 is 9.30 Å². The number of aryl methyl sites for hydroxylation is 2. The molecule has 0 bridgehead atoms. The van der Waals surface area contributed by atoms with E-state index in [9.17, 15) is 13.2 Å². The van der Waals surface area contributed by atoms with Crippen LogP contribution in [-0.2, 0) is 21.2 Å². The standard InChI is InChI=1S/C22H26N2O4S2/c1-4-14-24-21-18(28-5-2)7-6-8-19(21)29-22(24)23-20(25)13-15-30(26,27)17-11-9-16(3)10-12-17/h6-12H,4-5,13-15H2,1-3H3. The van der Waals surface area contributed by atoms with E-state index in [-0.39, 0.29) is 17.1 Å². The maximum Gasteiger partial charge on any atom is 0.249 e. The van der Waals surface area contributed by atoms with Crippen molar-refractivity contribution in [3.05, 3.63) is 52.8 Å². The monoisotopic (exact) mass is 446 g/mol. The quantitative estimate of drug-likeness (QED) is 0.522. The molecule has 160 valence electrons. The first-order chi connectivity index (χ1) is 14.4. The Bertz CT molecular complexity index is 1210. The molecule has 0 radical (unpaired) electrons. The average Bonchev–Trinajstić information content (AvgIpc) is 3.05. The molecule has 0 N–H and O–H groups in total. The Morgan fingerprint density at radius 3 is 2.53 bits per heavy atom. The van der Waals surface area contributed by atoms with Crippen molar-refractivity contribution in [2.75, 3.05) is 12.4 Å². The van der Waals surface area contributed by atoms with E-state index in [0.717, 1.165) is 28.0 Å². The van der Waals surface area contributed by atoms with Gasteiger partial charge in [-0.05, 0) is 44.5 Å². The Labute approximate surface area is 180 Å². The first-order valence-corrected chi connectivity index (χ1v) is 12.4. The third kappa shape index (κ3) is 4.99. The third-order valence-corrected chi connectivity index (χ3v) is 7.37. The largest absolute Gasteiger partial charge is 0.492 e. The summed E-state index contributed by atoms with van der Waals surface area (Å²) >= 11 is 1.41. The first-order valence-electron chi connectivity index (χ1n) is 9.98. The molecular weight excluding hydrogens is 420 g/mol. The van der Waals surface area contributed by atoms with Crippen molar-refractivity contribution < 1.29 is 17.9 Å². The van der Waals surface area contributed by atoms with Crippen molar-refractivity contribution in [1.82, 2.24) is 4.57 Å². The van der Waals surface area contributed by atoms with Crippen LogP contribution in [0.15, 0.2) is 52.4 Å². The van der Waals surface area contributed by atoms with Crippen molar-refractivity contribution in [2.24, 2.45) is 4.99 Å². The summed E-state index contributed by atoms with van der Waals surface area (Å²) in [5.41, 5.74) is 1.90. The summed E-state index contributed by atoms with van der Waals surface area (Å²) in [5, 5.41) is 0. The number of hydrogen-bond donors (Lipinski definition) is 0. The van der Waals surface area contributed by atoms with E-state index in [0.29, 0.717) is 18.0 Å². The zero-order valence-corrected chi connectivity index (χ0v) is 19.1. The van der Waals surface area contributed by atoms with Gasteiger partial charge >= 0.3 is 0 Å². The average molecular weight is 447 g/mol.